The van der Waals surface area contributed by atoms with Gasteiger partial charge >= 0.3 is 0 Å². The van der Waals surface area contributed by atoms with Crippen molar-refractivity contribution < 1.29 is 18.0 Å². The number of amides is 2. The Bertz CT molecular complexity index is 966. The van der Waals surface area contributed by atoms with Gasteiger partial charge in [0.1, 0.15) is 5.82 Å². The lowest BCUT2D eigenvalue weighted by atomic mass is 10.1. The molecule has 1 aliphatic rings. The molecule has 1 fully saturated rings. The summed E-state index contributed by atoms with van der Waals surface area (Å²) in [5.74, 6) is -0.320. The van der Waals surface area contributed by atoms with Crippen LogP contribution in [-0.2, 0) is 19.6 Å². The molecule has 0 bridgehead atoms. The highest BCUT2D eigenvalue weighted by atomic mass is 32.2. The summed E-state index contributed by atoms with van der Waals surface area (Å²) in [5, 5.41) is 8.51. The summed E-state index contributed by atoms with van der Waals surface area (Å²) in [6, 6.07) is 10.1. The molecule has 2 amide bonds. The smallest absolute Gasteiger partial charge is 0.263 e. The van der Waals surface area contributed by atoms with Gasteiger partial charge in [0, 0.05) is 24.5 Å². The summed E-state index contributed by atoms with van der Waals surface area (Å²) in [5.41, 5.74) is 5.73. The number of anilines is 2. The number of rotatable bonds is 7. The normalized spacial score (nSPS) is 18.8. The van der Waals surface area contributed by atoms with E-state index < -0.39 is 16.1 Å². The van der Waals surface area contributed by atoms with E-state index >= 15 is 0 Å². The predicted octanol–water partition coefficient (Wildman–Crippen LogP) is -0.374. The number of carbonyl (C=O) groups excluding carboxylic acids is 2. The quantitative estimate of drug-likeness (QED) is 0.411. The summed E-state index contributed by atoms with van der Waals surface area (Å²) < 4.78 is 27.2. The van der Waals surface area contributed by atoms with Gasteiger partial charge in [0.15, 0.2) is 0 Å². The molecule has 1 aliphatic heterocycles. The average molecular weight is 418 g/mol. The number of hydrogen-bond acceptors (Lipinski definition) is 7. The molecular weight excluding hydrogens is 396 g/mol. The molecular formula is C18H22N6O4S. The number of carbonyl (C=O) groups is 2. The van der Waals surface area contributed by atoms with Crippen LogP contribution in [0.5, 0.6) is 0 Å². The summed E-state index contributed by atoms with van der Waals surface area (Å²) >= 11 is 0. The lowest BCUT2D eigenvalue weighted by molar-refractivity contribution is -0.121. The van der Waals surface area contributed by atoms with Crippen LogP contribution in [0.4, 0.5) is 11.5 Å². The fourth-order valence-electron chi connectivity index (χ4n) is 2.90. The second-order valence-electron chi connectivity index (χ2n) is 6.50. The lowest BCUT2D eigenvalue weighted by Gasteiger charge is -2.13. The summed E-state index contributed by atoms with van der Waals surface area (Å²) in [4.78, 5) is 27.7. The molecule has 29 heavy (non-hydrogen) atoms. The highest BCUT2D eigenvalue weighted by Gasteiger charge is 2.30. The maximum Gasteiger partial charge on any atom is 0.263 e. The minimum absolute atomic E-state index is 0.0460. The topological polar surface area (TPSA) is 155 Å². The number of benzene rings is 1. The first-order chi connectivity index (χ1) is 13.9. The third-order valence-corrected chi connectivity index (χ3v) is 5.70. The lowest BCUT2D eigenvalue weighted by Crippen LogP contribution is -2.39. The number of pyridine rings is 1. The molecule has 1 saturated heterocycles. The van der Waals surface area contributed by atoms with Crippen molar-refractivity contribution >= 4 is 33.3 Å². The van der Waals surface area contributed by atoms with E-state index in [9.17, 15) is 18.0 Å². The molecule has 1 aromatic heterocycles. The van der Waals surface area contributed by atoms with Crippen LogP contribution in [0.25, 0.3) is 0 Å². The first kappa shape index (κ1) is 20.7. The van der Waals surface area contributed by atoms with E-state index in [0.29, 0.717) is 18.7 Å². The van der Waals surface area contributed by atoms with Gasteiger partial charge in [-0.05, 0) is 42.8 Å². The third kappa shape index (κ3) is 5.50. The molecule has 11 heteroatoms. The second kappa shape index (κ2) is 8.99. The molecule has 154 valence electrons. The van der Waals surface area contributed by atoms with E-state index in [1.807, 2.05) is 0 Å². The minimum Gasteiger partial charge on any atom is -0.351 e. The largest absolute Gasteiger partial charge is 0.351 e. The van der Waals surface area contributed by atoms with Gasteiger partial charge in [0.2, 0.25) is 11.8 Å². The Morgan fingerprint density at radius 2 is 1.93 bits per heavy atom. The van der Waals surface area contributed by atoms with Crippen molar-refractivity contribution in [2.24, 2.45) is 5.73 Å². The van der Waals surface area contributed by atoms with Crippen LogP contribution in [0, 0.1) is 0 Å². The molecule has 2 heterocycles. The van der Waals surface area contributed by atoms with E-state index in [2.05, 4.69) is 25.7 Å². The number of nitrogens with one attached hydrogen (secondary N) is 4. The van der Waals surface area contributed by atoms with Gasteiger partial charge in [-0.15, -0.1) is 0 Å². The highest BCUT2D eigenvalue weighted by Crippen LogP contribution is 2.18. The standard InChI is InChI=1S/C18H22N6O4S/c19-10-17(25)22-13-9-15(21-11-13)18(26)23-12-4-6-14(7-5-12)29(27,28)24-16-3-1-2-8-20-16/h1-8,13,15,21H,9-11,19H2,(H,20,24)(H,22,25)(H,23,26). The van der Waals surface area contributed by atoms with Crippen molar-refractivity contribution in [3.8, 4) is 0 Å². The van der Waals surface area contributed by atoms with E-state index in [1.165, 1.54) is 30.5 Å². The van der Waals surface area contributed by atoms with Crippen molar-refractivity contribution in [2.75, 3.05) is 23.1 Å². The van der Waals surface area contributed by atoms with Gasteiger partial charge in [-0.2, -0.15) is 0 Å². The summed E-state index contributed by atoms with van der Waals surface area (Å²) in [6.07, 6.45) is 1.93. The molecule has 0 radical (unpaired) electrons. The van der Waals surface area contributed by atoms with Crippen molar-refractivity contribution in [2.45, 2.75) is 23.4 Å². The van der Waals surface area contributed by atoms with Crippen LogP contribution in [0.2, 0.25) is 0 Å². The zero-order valence-corrected chi connectivity index (χ0v) is 16.3. The van der Waals surface area contributed by atoms with Crippen LogP contribution >= 0.6 is 0 Å². The average Bonchev–Trinajstić information content (AvgIpc) is 3.17. The van der Waals surface area contributed by atoms with E-state index in [4.69, 9.17) is 5.73 Å². The van der Waals surface area contributed by atoms with E-state index in [0.717, 1.165) is 0 Å². The maximum atomic E-state index is 12.4. The Kier molecular flexibility index (Phi) is 6.42. The van der Waals surface area contributed by atoms with Crippen molar-refractivity contribution in [3.05, 3.63) is 48.7 Å². The van der Waals surface area contributed by atoms with E-state index in [-0.39, 0.29) is 35.1 Å². The van der Waals surface area contributed by atoms with Crippen LogP contribution in [0.1, 0.15) is 6.42 Å². The number of aromatic nitrogens is 1. The van der Waals surface area contributed by atoms with Crippen molar-refractivity contribution in [1.29, 1.82) is 0 Å². The number of nitrogens with two attached hydrogens (primary N) is 1. The fraction of sp³-hybridized carbons (Fsp3) is 0.278. The predicted molar refractivity (Wildman–Crippen MR) is 108 cm³/mol. The van der Waals surface area contributed by atoms with Crippen molar-refractivity contribution in [3.63, 3.8) is 0 Å². The van der Waals surface area contributed by atoms with Crippen molar-refractivity contribution in [1.82, 2.24) is 15.6 Å². The maximum absolute atomic E-state index is 12.4. The molecule has 0 aliphatic carbocycles. The zero-order valence-electron chi connectivity index (χ0n) is 15.5. The van der Waals surface area contributed by atoms with Gasteiger partial charge in [-0.25, -0.2) is 13.4 Å². The van der Waals surface area contributed by atoms with Gasteiger partial charge in [0.25, 0.3) is 10.0 Å². The first-order valence-electron chi connectivity index (χ1n) is 8.95. The van der Waals surface area contributed by atoms with Crippen LogP contribution < -0.4 is 26.4 Å². The monoisotopic (exact) mass is 418 g/mol. The van der Waals surface area contributed by atoms with Gasteiger partial charge < -0.3 is 21.7 Å². The molecule has 1 aromatic carbocycles. The highest BCUT2D eigenvalue weighted by molar-refractivity contribution is 7.92. The fourth-order valence-corrected chi connectivity index (χ4v) is 3.91. The molecule has 2 atom stereocenters. The Balaban J connectivity index is 1.58. The van der Waals surface area contributed by atoms with Crippen LogP contribution in [0.15, 0.2) is 53.6 Å². The van der Waals surface area contributed by atoms with Crippen LogP contribution in [0.3, 0.4) is 0 Å². The molecule has 0 spiro atoms. The summed E-state index contributed by atoms with van der Waals surface area (Å²) in [6.45, 7) is 0.373. The Labute approximate surface area is 168 Å². The Morgan fingerprint density at radius 1 is 1.17 bits per heavy atom. The molecule has 2 aromatic rings. The van der Waals surface area contributed by atoms with Gasteiger partial charge in [0.05, 0.1) is 17.5 Å². The molecule has 0 saturated carbocycles. The van der Waals surface area contributed by atoms with E-state index in [1.54, 1.807) is 18.2 Å². The third-order valence-electron chi connectivity index (χ3n) is 4.33. The van der Waals surface area contributed by atoms with Crippen LogP contribution in [-0.4, -0.2) is 50.4 Å². The number of hydrogen-bond donors (Lipinski definition) is 5. The Morgan fingerprint density at radius 3 is 2.59 bits per heavy atom. The molecule has 3 rings (SSSR count). The number of sulfonamides is 1. The minimum atomic E-state index is -3.78. The Hall–Kier alpha value is -3.02. The summed E-state index contributed by atoms with van der Waals surface area (Å²) in [7, 11) is -3.78. The second-order valence-corrected chi connectivity index (χ2v) is 8.18. The van der Waals surface area contributed by atoms with Gasteiger partial charge in [-0.3, -0.25) is 14.3 Å². The molecule has 2 unspecified atom stereocenters. The zero-order chi connectivity index (χ0) is 20.9. The number of nitrogens with zero attached hydrogens (tertiary/aromatic N) is 1. The molecule has 10 nitrogen and oxygen atoms in total. The molecule has 6 N–H and O–H groups in total. The first-order valence-corrected chi connectivity index (χ1v) is 10.4. The SMILES string of the molecule is NCC(=O)NC1CNC(C(=O)Nc2ccc(S(=O)(=O)Nc3ccccn3)cc2)C1. The van der Waals surface area contributed by atoms with Gasteiger partial charge in [-0.1, -0.05) is 6.07 Å².